The Balaban J connectivity index is 2.16. The van der Waals surface area contributed by atoms with Crippen LogP contribution in [0.25, 0.3) is 0 Å². The molecule has 1 amide bonds. The van der Waals surface area contributed by atoms with E-state index in [4.69, 9.17) is 4.52 Å². The number of nitrogens with zero attached hydrogens (tertiary/aromatic N) is 2. The zero-order valence-corrected chi connectivity index (χ0v) is 11.3. The maximum Gasteiger partial charge on any atom is 0.271 e. The predicted octanol–water partition coefficient (Wildman–Crippen LogP) is 2.52. The maximum atomic E-state index is 13.6. The summed E-state index contributed by atoms with van der Waals surface area (Å²) in [5.74, 6) is -0.751. The Kier molecular flexibility index (Phi) is 3.97. The van der Waals surface area contributed by atoms with E-state index in [1.165, 1.54) is 0 Å². The lowest BCUT2D eigenvalue weighted by Gasteiger charge is -2.06. The first kappa shape index (κ1) is 14.6. The Hall–Kier alpha value is -2.77. The highest BCUT2D eigenvalue weighted by Crippen LogP contribution is 2.22. The molecule has 0 fully saturated rings. The highest BCUT2D eigenvalue weighted by atomic mass is 19.1. The number of aryl methyl sites for hydroxylation is 2. The minimum atomic E-state index is -0.743. The normalized spacial score (nSPS) is 10.4. The number of nitro groups is 1. The van der Waals surface area contributed by atoms with E-state index in [1.807, 2.05) is 0 Å². The zero-order chi connectivity index (χ0) is 15.6. The number of hydrogen-bond acceptors (Lipinski definition) is 5. The SMILES string of the molecule is Cc1noc(C)c1CC(=O)Nc1cc([N+](=O)[O-])ccc1F. The summed E-state index contributed by atoms with van der Waals surface area (Å²) < 4.78 is 18.5. The molecule has 0 spiro atoms. The lowest BCUT2D eigenvalue weighted by atomic mass is 10.1. The summed E-state index contributed by atoms with van der Waals surface area (Å²) in [6, 6.07) is 2.93. The van der Waals surface area contributed by atoms with E-state index in [2.05, 4.69) is 10.5 Å². The van der Waals surface area contributed by atoms with Gasteiger partial charge in [0.15, 0.2) is 0 Å². The standard InChI is InChI=1S/C13H12FN3O4/c1-7-10(8(2)21-16-7)6-13(18)15-12-5-9(17(19)20)3-4-11(12)14/h3-5H,6H2,1-2H3,(H,15,18). The molecule has 0 saturated carbocycles. The molecule has 0 aliphatic rings. The Labute approximate surface area is 118 Å². The molecule has 1 N–H and O–H groups in total. The average Bonchev–Trinajstić information content (AvgIpc) is 2.73. The minimum absolute atomic E-state index is 0.0523. The van der Waals surface area contributed by atoms with Gasteiger partial charge in [-0.25, -0.2) is 4.39 Å². The van der Waals surface area contributed by atoms with Crippen molar-refractivity contribution in [2.24, 2.45) is 0 Å². The number of non-ortho nitro benzene ring substituents is 1. The number of nitro benzene ring substituents is 1. The number of rotatable bonds is 4. The minimum Gasteiger partial charge on any atom is -0.361 e. The molecule has 0 bridgehead atoms. The molecule has 0 unspecified atom stereocenters. The van der Waals surface area contributed by atoms with Crippen molar-refractivity contribution in [3.63, 3.8) is 0 Å². The van der Waals surface area contributed by atoms with Gasteiger partial charge in [-0.3, -0.25) is 14.9 Å². The van der Waals surface area contributed by atoms with Crippen LogP contribution in [0.4, 0.5) is 15.8 Å². The smallest absolute Gasteiger partial charge is 0.271 e. The van der Waals surface area contributed by atoms with Crippen molar-refractivity contribution in [1.82, 2.24) is 5.16 Å². The highest BCUT2D eigenvalue weighted by molar-refractivity contribution is 5.92. The van der Waals surface area contributed by atoms with E-state index in [0.717, 1.165) is 18.2 Å². The van der Waals surface area contributed by atoms with Crippen LogP contribution in [0.15, 0.2) is 22.7 Å². The number of aromatic nitrogens is 1. The summed E-state index contributed by atoms with van der Waals surface area (Å²) in [4.78, 5) is 21.9. The monoisotopic (exact) mass is 293 g/mol. The molecular formula is C13H12FN3O4. The van der Waals surface area contributed by atoms with Crippen molar-refractivity contribution < 1.29 is 18.6 Å². The number of halogens is 1. The van der Waals surface area contributed by atoms with E-state index in [0.29, 0.717) is 17.0 Å². The average molecular weight is 293 g/mol. The van der Waals surface area contributed by atoms with Crippen LogP contribution in [0, 0.1) is 29.8 Å². The third-order valence-corrected chi connectivity index (χ3v) is 2.95. The molecule has 1 aromatic carbocycles. The van der Waals surface area contributed by atoms with Gasteiger partial charge >= 0.3 is 0 Å². The summed E-state index contributed by atoms with van der Waals surface area (Å²) in [7, 11) is 0. The molecule has 0 radical (unpaired) electrons. The van der Waals surface area contributed by atoms with Gasteiger partial charge in [0, 0.05) is 17.7 Å². The van der Waals surface area contributed by atoms with Gasteiger partial charge in [0.2, 0.25) is 5.91 Å². The molecule has 7 nitrogen and oxygen atoms in total. The van der Waals surface area contributed by atoms with E-state index in [9.17, 15) is 19.3 Å². The van der Waals surface area contributed by atoms with Crippen molar-refractivity contribution in [2.75, 3.05) is 5.32 Å². The van der Waals surface area contributed by atoms with E-state index < -0.39 is 16.6 Å². The molecular weight excluding hydrogens is 281 g/mol. The van der Waals surface area contributed by atoms with Crippen LogP contribution < -0.4 is 5.32 Å². The molecule has 0 aliphatic carbocycles. The third-order valence-electron chi connectivity index (χ3n) is 2.95. The Bertz CT molecular complexity index is 692. The summed E-state index contributed by atoms with van der Waals surface area (Å²) >= 11 is 0. The summed E-state index contributed by atoms with van der Waals surface area (Å²) in [6.07, 6.45) is -0.0523. The molecule has 2 aromatic rings. The first-order valence-corrected chi connectivity index (χ1v) is 6.04. The molecule has 0 aliphatic heterocycles. The van der Waals surface area contributed by atoms with E-state index in [-0.39, 0.29) is 17.8 Å². The molecule has 21 heavy (non-hydrogen) atoms. The van der Waals surface area contributed by atoms with Gasteiger partial charge in [-0.05, 0) is 19.9 Å². The van der Waals surface area contributed by atoms with E-state index >= 15 is 0 Å². The number of carbonyl (C=O) groups excluding carboxylic acids is 1. The number of hydrogen-bond donors (Lipinski definition) is 1. The van der Waals surface area contributed by atoms with Gasteiger partial charge in [0.25, 0.3) is 5.69 Å². The van der Waals surface area contributed by atoms with Crippen molar-refractivity contribution in [3.8, 4) is 0 Å². The Morgan fingerprint density at radius 2 is 2.19 bits per heavy atom. The van der Waals surface area contributed by atoms with Gasteiger partial charge in [0.05, 0.1) is 22.7 Å². The second-order valence-corrected chi connectivity index (χ2v) is 4.45. The summed E-state index contributed by atoms with van der Waals surface area (Å²) in [5.41, 5.74) is 0.644. The second kappa shape index (κ2) is 5.70. The van der Waals surface area contributed by atoms with Crippen LogP contribution in [-0.4, -0.2) is 16.0 Å². The summed E-state index contributed by atoms with van der Waals surface area (Å²) in [6.45, 7) is 3.35. The first-order chi connectivity index (χ1) is 9.88. The van der Waals surface area contributed by atoms with E-state index in [1.54, 1.807) is 13.8 Å². The zero-order valence-electron chi connectivity index (χ0n) is 11.3. The van der Waals surface area contributed by atoms with Gasteiger partial charge in [-0.2, -0.15) is 0 Å². The number of anilines is 1. The maximum absolute atomic E-state index is 13.6. The number of carbonyl (C=O) groups is 1. The quantitative estimate of drug-likeness (QED) is 0.689. The Morgan fingerprint density at radius 1 is 1.48 bits per heavy atom. The van der Waals surface area contributed by atoms with Gasteiger partial charge in [0.1, 0.15) is 11.6 Å². The first-order valence-electron chi connectivity index (χ1n) is 6.04. The largest absolute Gasteiger partial charge is 0.361 e. The Morgan fingerprint density at radius 3 is 2.76 bits per heavy atom. The number of benzene rings is 1. The van der Waals surface area contributed by atoms with Crippen LogP contribution in [0.1, 0.15) is 17.0 Å². The molecule has 8 heteroatoms. The van der Waals surface area contributed by atoms with Gasteiger partial charge < -0.3 is 9.84 Å². The van der Waals surface area contributed by atoms with Crippen molar-refractivity contribution in [3.05, 3.63) is 51.1 Å². The molecule has 1 heterocycles. The molecule has 2 rings (SSSR count). The third kappa shape index (κ3) is 3.22. The predicted molar refractivity (Wildman–Crippen MR) is 71.4 cm³/mol. The lowest BCUT2D eigenvalue weighted by Crippen LogP contribution is -2.16. The van der Waals surface area contributed by atoms with Crippen LogP contribution >= 0.6 is 0 Å². The molecule has 1 aromatic heterocycles. The lowest BCUT2D eigenvalue weighted by molar-refractivity contribution is -0.384. The summed E-state index contributed by atoms with van der Waals surface area (Å²) in [5, 5.41) is 16.7. The van der Waals surface area contributed by atoms with Crippen LogP contribution in [-0.2, 0) is 11.2 Å². The topological polar surface area (TPSA) is 98.3 Å². The van der Waals surface area contributed by atoms with Crippen LogP contribution in [0.5, 0.6) is 0 Å². The molecule has 0 atom stereocenters. The fourth-order valence-electron chi connectivity index (χ4n) is 1.83. The second-order valence-electron chi connectivity index (χ2n) is 4.45. The van der Waals surface area contributed by atoms with Crippen molar-refractivity contribution in [1.29, 1.82) is 0 Å². The van der Waals surface area contributed by atoms with Crippen LogP contribution in [0.3, 0.4) is 0 Å². The fraction of sp³-hybridized carbons (Fsp3) is 0.231. The molecule has 110 valence electrons. The van der Waals surface area contributed by atoms with Crippen LogP contribution in [0.2, 0.25) is 0 Å². The fourth-order valence-corrected chi connectivity index (χ4v) is 1.83. The van der Waals surface area contributed by atoms with Crippen molar-refractivity contribution >= 4 is 17.3 Å². The van der Waals surface area contributed by atoms with Gasteiger partial charge in [-0.15, -0.1) is 0 Å². The number of amides is 1. The van der Waals surface area contributed by atoms with Crippen molar-refractivity contribution in [2.45, 2.75) is 20.3 Å². The highest BCUT2D eigenvalue weighted by Gasteiger charge is 2.16. The van der Waals surface area contributed by atoms with Gasteiger partial charge in [-0.1, -0.05) is 5.16 Å². The number of nitrogens with one attached hydrogen (secondary N) is 1. The molecule has 0 saturated heterocycles.